The highest BCUT2D eigenvalue weighted by molar-refractivity contribution is 9.10. The van der Waals surface area contributed by atoms with E-state index in [1.54, 1.807) is 30.2 Å². The van der Waals surface area contributed by atoms with E-state index in [-0.39, 0.29) is 17.4 Å². The Balaban J connectivity index is 1.22. The minimum absolute atomic E-state index is 0.235. The van der Waals surface area contributed by atoms with Gasteiger partial charge in [0, 0.05) is 31.9 Å². The van der Waals surface area contributed by atoms with Crippen molar-refractivity contribution in [1.29, 1.82) is 0 Å². The second-order valence-corrected chi connectivity index (χ2v) is 11.6. The van der Waals surface area contributed by atoms with Crippen LogP contribution in [0.3, 0.4) is 0 Å². The van der Waals surface area contributed by atoms with Gasteiger partial charge in [0.1, 0.15) is 13.2 Å². The van der Waals surface area contributed by atoms with E-state index in [1.165, 1.54) is 0 Å². The van der Waals surface area contributed by atoms with Crippen LogP contribution in [0.2, 0.25) is 0 Å². The van der Waals surface area contributed by atoms with Crippen molar-refractivity contribution in [3.63, 3.8) is 0 Å². The number of piperazine rings is 1. The van der Waals surface area contributed by atoms with Gasteiger partial charge in [-0.2, -0.15) is 0 Å². The number of ether oxygens (including phenoxy) is 2. The van der Waals surface area contributed by atoms with Crippen LogP contribution in [0.5, 0.6) is 11.5 Å². The van der Waals surface area contributed by atoms with Gasteiger partial charge in [0.05, 0.1) is 16.5 Å². The summed E-state index contributed by atoms with van der Waals surface area (Å²) in [5.41, 5.74) is 3.95. The molecule has 0 saturated carbocycles. The summed E-state index contributed by atoms with van der Waals surface area (Å²) in [5.74, 6) is 0.312. The molecule has 0 atom stereocenters. The van der Waals surface area contributed by atoms with Crippen LogP contribution in [0, 0.1) is 6.92 Å². The number of benzene rings is 3. The fourth-order valence-electron chi connectivity index (χ4n) is 4.80. The minimum atomic E-state index is -0.480. The Morgan fingerprint density at radius 1 is 1.00 bits per heavy atom. The third-order valence-corrected chi connectivity index (χ3v) is 8.43. The van der Waals surface area contributed by atoms with Crippen molar-refractivity contribution in [1.82, 2.24) is 9.80 Å². The van der Waals surface area contributed by atoms with E-state index in [4.69, 9.17) is 9.47 Å². The highest BCUT2D eigenvalue weighted by Crippen LogP contribution is 2.39. The van der Waals surface area contributed by atoms with Gasteiger partial charge in [0.25, 0.3) is 11.1 Å². The molecule has 2 aliphatic rings. The van der Waals surface area contributed by atoms with Gasteiger partial charge in [-0.15, -0.1) is 0 Å². The molecule has 2 saturated heterocycles. The lowest BCUT2D eigenvalue weighted by Gasteiger charge is -2.36. The van der Waals surface area contributed by atoms with Crippen LogP contribution in [-0.2, 0) is 16.2 Å². The Morgan fingerprint density at radius 2 is 1.76 bits per heavy atom. The molecule has 2 aliphatic heterocycles. The fourth-order valence-corrected chi connectivity index (χ4v) is 6.21. The first-order valence-electron chi connectivity index (χ1n) is 13.2. The Labute approximate surface area is 252 Å². The number of carbonyl (C=O) groups is 3. The summed E-state index contributed by atoms with van der Waals surface area (Å²) in [6.45, 7) is 4.58. The molecule has 10 heteroatoms. The van der Waals surface area contributed by atoms with E-state index in [0.717, 1.165) is 33.5 Å². The summed E-state index contributed by atoms with van der Waals surface area (Å²) in [4.78, 5) is 44.1. The topological polar surface area (TPSA) is 79.4 Å². The van der Waals surface area contributed by atoms with E-state index in [2.05, 4.69) is 26.9 Å². The van der Waals surface area contributed by atoms with Crippen LogP contribution in [-0.4, -0.2) is 66.7 Å². The lowest BCUT2D eigenvalue weighted by Crippen LogP contribution is -2.51. The number of rotatable bonds is 8. The molecule has 0 spiro atoms. The molecule has 0 radical (unpaired) electrons. The second kappa shape index (κ2) is 12.8. The molecular weight excluding hydrogens is 606 g/mol. The number of anilines is 1. The monoisotopic (exact) mass is 635 g/mol. The van der Waals surface area contributed by atoms with Crippen LogP contribution in [0.25, 0.3) is 6.08 Å². The van der Waals surface area contributed by atoms with E-state index < -0.39 is 11.1 Å². The molecule has 2 fully saturated rings. The zero-order chi connectivity index (χ0) is 28.9. The molecule has 0 bridgehead atoms. The number of hydrogen-bond donors (Lipinski definition) is 0. The summed E-state index contributed by atoms with van der Waals surface area (Å²) < 4.78 is 12.3. The smallest absolute Gasteiger partial charge is 0.294 e. The number of methoxy groups -OCH3 is 1. The van der Waals surface area contributed by atoms with Gasteiger partial charge in [-0.25, -0.2) is 0 Å². The van der Waals surface area contributed by atoms with Crippen molar-refractivity contribution < 1.29 is 23.9 Å². The van der Waals surface area contributed by atoms with Gasteiger partial charge in [-0.3, -0.25) is 19.3 Å². The Bertz CT molecular complexity index is 1490. The number of halogens is 1. The van der Waals surface area contributed by atoms with Crippen molar-refractivity contribution in [2.24, 2.45) is 0 Å². The highest BCUT2D eigenvalue weighted by Gasteiger charge is 2.37. The summed E-state index contributed by atoms with van der Waals surface area (Å²) in [5, 5.41) is -0.457. The van der Waals surface area contributed by atoms with Crippen LogP contribution < -0.4 is 14.4 Å². The molecule has 0 aliphatic carbocycles. The number of thioether (sulfide) groups is 1. The number of para-hydroxylation sites is 1. The third-order valence-electron chi connectivity index (χ3n) is 6.94. The minimum Gasteiger partial charge on any atom is -0.493 e. The van der Waals surface area contributed by atoms with Crippen molar-refractivity contribution in [3.8, 4) is 11.5 Å². The Kier molecular flexibility index (Phi) is 8.99. The number of amides is 3. The van der Waals surface area contributed by atoms with Crippen molar-refractivity contribution in [2.75, 3.05) is 44.7 Å². The van der Waals surface area contributed by atoms with Gasteiger partial charge in [-0.1, -0.05) is 48.0 Å². The molecule has 212 valence electrons. The third kappa shape index (κ3) is 6.77. The summed E-state index contributed by atoms with van der Waals surface area (Å²) in [6, 6.07) is 21.7. The number of nitrogens with zero attached hydrogens (tertiary/aromatic N) is 3. The lowest BCUT2D eigenvalue weighted by atomic mass is 10.1. The molecule has 3 aromatic rings. The molecule has 2 heterocycles. The van der Waals surface area contributed by atoms with Crippen LogP contribution in [0.4, 0.5) is 10.5 Å². The maximum Gasteiger partial charge on any atom is 0.294 e. The SMILES string of the molecule is COc1cc(/C=C2/SC(=O)N(CC(=O)N3CCN(c4ccccc4)CC3)C2=O)cc(Br)c1OCc1cccc(C)c1. The van der Waals surface area contributed by atoms with E-state index >= 15 is 0 Å². The quantitative estimate of drug-likeness (QED) is 0.293. The van der Waals surface area contributed by atoms with Crippen molar-refractivity contribution in [3.05, 3.63) is 92.8 Å². The van der Waals surface area contributed by atoms with Gasteiger partial charge in [-0.05, 0) is 76.1 Å². The molecule has 3 amide bonds. The summed E-state index contributed by atoms with van der Waals surface area (Å²) in [7, 11) is 1.55. The molecule has 8 nitrogen and oxygen atoms in total. The maximum absolute atomic E-state index is 13.1. The predicted octanol–water partition coefficient (Wildman–Crippen LogP) is 5.73. The molecule has 0 N–H and O–H groups in total. The highest BCUT2D eigenvalue weighted by atomic mass is 79.9. The van der Waals surface area contributed by atoms with E-state index in [9.17, 15) is 14.4 Å². The van der Waals surface area contributed by atoms with Gasteiger partial charge < -0.3 is 19.3 Å². The average Bonchev–Trinajstić information content (AvgIpc) is 3.24. The zero-order valence-electron chi connectivity index (χ0n) is 22.8. The van der Waals surface area contributed by atoms with Gasteiger partial charge in [0.2, 0.25) is 5.91 Å². The normalized spacial score (nSPS) is 16.5. The van der Waals surface area contributed by atoms with E-state index in [1.807, 2.05) is 55.5 Å². The van der Waals surface area contributed by atoms with Gasteiger partial charge >= 0.3 is 0 Å². The number of carbonyl (C=O) groups excluding carboxylic acids is 3. The summed E-state index contributed by atoms with van der Waals surface area (Å²) >= 11 is 4.38. The molecule has 41 heavy (non-hydrogen) atoms. The number of imide groups is 1. The van der Waals surface area contributed by atoms with E-state index in [0.29, 0.717) is 54.3 Å². The summed E-state index contributed by atoms with van der Waals surface area (Å²) in [6.07, 6.45) is 1.63. The molecule has 0 aromatic heterocycles. The molecule has 0 unspecified atom stereocenters. The van der Waals surface area contributed by atoms with Gasteiger partial charge in [0.15, 0.2) is 11.5 Å². The fraction of sp³-hybridized carbons (Fsp3) is 0.258. The second-order valence-electron chi connectivity index (χ2n) is 9.78. The number of aryl methyl sites for hydroxylation is 1. The van der Waals surface area contributed by atoms with Crippen LogP contribution in [0.15, 0.2) is 76.1 Å². The number of hydrogen-bond acceptors (Lipinski definition) is 7. The maximum atomic E-state index is 13.1. The first-order valence-corrected chi connectivity index (χ1v) is 14.8. The largest absolute Gasteiger partial charge is 0.493 e. The molecule has 5 rings (SSSR count). The van der Waals surface area contributed by atoms with Crippen molar-refractivity contribution >= 4 is 56.5 Å². The zero-order valence-corrected chi connectivity index (χ0v) is 25.2. The van der Waals surface area contributed by atoms with Crippen LogP contribution in [0.1, 0.15) is 16.7 Å². The molecular formula is C31H30BrN3O5S. The Morgan fingerprint density at radius 3 is 2.46 bits per heavy atom. The molecule has 3 aromatic carbocycles. The first-order chi connectivity index (χ1) is 19.8. The van der Waals surface area contributed by atoms with Crippen molar-refractivity contribution in [2.45, 2.75) is 13.5 Å². The average molecular weight is 637 g/mol. The predicted molar refractivity (Wildman–Crippen MR) is 164 cm³/mol. The standard InChI is InChI=1S/C31H30BrN3O5S/c1-21-7-6-8-22(15-21)20-40-29-25(32)16-23(17-26(29)39-2)18-27-30(37)35(31(38)41-27)19-28(36)34-13-11-33(12-14-34)24-9-4-3-5-10-24/h3-10,15-18H,11-14,19-20H2,1-2H3/b27-18+. The lowest BCUT2D eigenvalue weighted by molar-refractivity contribution is -0.136. The Hall–Kier alpha value is -3.76. The first kappa shape index (κ1) is 28.8. The van der Waals surface area contributed by atoms with Crippen LogP contribution >= 0.6 is 27.7 Å².